The summed E-state index contributed by atoms with van der Waals surface area (Å²) in [6.45, 7) is 7.50. The van der Waals surface area contributed by atoms with Gasteiger partial charge in [0.1, 0.15) is 11.7 Å². The van der Waals surface area contributed by atoms with Crippen LogP contribution in [0.5, 0.6) is 17.2 Å². The second-order valence-corrected chi connectivity index (χ2v) is 7.91. The number of rotatable bonds is 13. The number of carbonyl (C=O) groups is 3. The van der Waals surface area contributed by atoms with Crippen LogP contribution in [0.1, 0.15) is 33.3 Å². The van der Waals surface area contributed by atoms with E-state index in [1.807, 2.05) is 6.92 Å². The third-order valence-electron chi connectivity index (χ3n) is 4.90. The molecule has 2 amide bonds. The van der Waals surface area contributed by atoms with Crippen molar-refractivity contribution in [1.82, 2.24) is 5.43 Å². The van der Waals surface area contributed by atoms with Crippen LogP contribution >= 0.6 is 0 Å². The van der Waals surface area contributed by atoms with Gasteiger partial charge in [-0.2, -0.15) is 5.10 Å². The van der Waals surface area contributed by atoms with Crippen molar-refractivity contribution in [2.45, 2.75) is 27.7 Å². The maximum Gasteiger partial charge on any atom is 0.344 e. The van der Waals surface area contributed by atoms with Crippen molar-refractivity contribution in [3.8, 4) is 17.2 Å². The molecule has 0 aliphatic rings. The number of esters is 1. The Hall–Kier alpha value is -4.08. The first-order valence-electron chi connectivity index (χ1n) is 11.6. The summed E-state index contributed by atoms with van der Waals surface area (Å²) in [7, 11) is 1.55. The zero-order chi connectivity index (χ0) is 26.5. The number of nitrogens with zero attached hydrogens (tertiary/aromatic N) is 1. The number of methoxy groups -OCH3 is 1. The van der Waals surface area contributed by atoms with E-state index in [1.54, 1.807) is 70.3 Å². The van der Waals surface area contributed by atoms with Gasteiger partial charge in [0.25, 0.3) is 5.91 Å². The molecule has 36 heavy (non-hydrogen) atoms. The Bertz CT molecular complexity index is 1050. The monoisotopic (exact) mass is 499 g/mol. The van der Waals surface area contributed by atoms with E-state index in [1.165, 1.54) is 6.21 Å². The molecule has 194 valence electrons. The number of hydrogen-bond acceptors (Lipinski definition) is 8. The van der Waals surface area contributed by atoms with E-state index in [9.17, 15) is 14.4 Å². The number of hydrogen-bond donors (Lipinski definition) is 2. The fourth-order valence-electron chi connectivity index (χ4n) is 3.19. The van der Waals surface area contributed by atoms with Crippen LogP contribution in [0, 0.1) is 11.8 Å². The summed E-state index contributed by atoms with van der Waals surface area (Å²) in [6, 6.07) is 11.8. The summed E-state index contributed by atoms with van der Waals surface area (Å²) in [6.07, 6.45) is 1.42. The molecule has 0 radical (unpaired) electrons. The number of nitrogens with one attached hydrogen (secondary N) is 2. The summed E-state index contributed by atoms with van der Waals surface area (Å²) in [5, 5.41) is 6.74. The van der Waals surface area contributed by atoms with Gasteiger partial charge < -0.3 is 24.3 Å². The highest BCUT2D eigenvalue weighted by Crippen LogP contribution is 2.28. The van der Waals surface area contributed by atoms with Crippen molar-refractivity contribution in [2.24, 2.45) is 16.9 Å². The SMILES string of the molecule is CCOC(=O)COc1ccc(C=NNC(=O)C(C(=O)Nc2ccc(OC)cc2)C(C)C)cc1OCC. The summed E-state index contributed by atoms with van der Waals surface area (Å²) < 4.78 is 21.0. The first-order valence-corrected chi connectivity index (χ1v) is 11.6. The van der Waals surface area contributed by atoms with Gasteiger partial charge in [0.15, 0.2) is 18.1 Å². The third kappa shape index (κ3) is 8.61. The Kier molecular flexibility index (Phi) is 11.2. The number of amides is 2. The van der Waals surface area contributed by atoms with E-state index >= 15 is 0 Å². The third-order valence-corrected chi connectivity index (χ3v) is 4.90. The molecule has 0 saturated carbocycles. The highest BCUT2D eigenvalue weighted by molar-refractivity contribution is 6.06. The lowest BCUT2D eigenvalue weighted by Crippen LogP contribution is -2.39. The molecule has 0 aliphatic heterocycles. The number of anilines is 1. The topological polar surface area (TPSA) is 125 Å². The molecule has 2 aromatic rings. The largest absolute Gasteiger partial charge is 0.497 e. The van der Waals surface area contributed by atoms with Crippen LogP contribution in [0.25, 0.3) is 0 Å². The molecular formula is C26H33N3O7. The van der Waals surface area contributed by atoms with E-state index in [0.29, 0.717) is 35.1 Å². The molecule has 2 N–H and O–H groups in total. The summed E-state index contributed by atoms with van der Waals surface area (Å²) >= 11 is 0. The second-order valence-electron chi connectivity index (χ2n) is 7.91. The highest BCUT2D eigenvalue weighted by Gasteiger charge is 2.30. The van der Waals surface area contributed by atoms with Crippen LogP contribution in [0.15, 0.2) is 47.6 Å². The van der Waals surface area contributed by atoms with Crippen molar-refractivity contribution in [2.75, 3.05) is 32.2 Å². The molecule has 0 heterocycles. The van der Waals surface area contributed by atoms with Gasteiger partial charge >= 0.3 is 5.97 Å². The lowest BCUT2D eigenvalue weighted by atomic mass is 9.94. The number of carbonyl (C=O) groups excluding carboxylic acids is 3. The molecule has 2 rings (SSSR count). The molecule has 0 bridgehead atoms. The predicted octanol–water partition coefficient (Wildman–Crippen LogP) is 3.40. The lowest BCUT2D eigenvalue weighted by molar-refractivity contribution is -0.145. The number of benzene rings is 2. The van der Waals surface area contributed by atoms with Crippen LogP contribution < -0.4 is 25.0 Å². The van der Waals surface area contributed by atoms with Crippen LogP contribution in [0.2, 0.25) is 0 Å². The summed E-state index contributed by atoms with van der Waals surface area (Å²) in [4.78, 5) is 37.1. The first kappa shape index (κ1) is 28.2. The molecule has 0 spiro atoms. The lowest BCUT2D eigenvalue weighted by Gasteiger charge is -2.18. The second kappa shape index (κ2) is 14.3. The van der Waals surface area contributed by atoms with Crippen molar-refractivity contribution in [3.05, 3.63) is 48.0 Å². The van der Waals surface area contributed by atoms with Gasteiger partial charge in [-0.1, -0.05) is 13.8 Å². The Morgan fingerprint density at radius 2 is 1.67 bits per heavy atom. The van der Waals surface area contributed by atoms with Gasteiger partial charge in [-0.05, 0) is 67.8 Å². The predicted molar refractivity (Wildman–Crippen MR) is 135 cm³/mol. The van der Waals surface area contributed by atoms with E-state index in [2.05, 4.69) is 15.8 Å². The molecule has 0 fully saturated rings. The molecule has 1 atom stereocenters. The van der Waals surface area contributed by atoms with Crippen LogP contribution in [0.4, 0.5) is 5.69 Å². The highest BCUT2D eigenvalue weighted by atomic mass is 16.6. The number of hydrazone groups is 1. The smallest absolute Gasteiger partial charge is 0.344 e. The Morgan fingerprint density at radius 1 is 0.944 bits per heavy atom. The molecule has 1 unspecified atom stereocenters. The molecule has 0 saturated heterocycles. The van der Waals surface area contributed by atoms with E-state index in [-0.39, 0.29) is 19.1 Å². The molecule has 2 aromatic carbocycles. The molecule has 10 nitrogen and oxygen atoms in total. The van der Waals surface area contributed by atoms with Crippen molar-refractivity contribution in [1.29, 1.82) is 0 Å². The summed E-state index contributed by atoms with van der Waals surface area (Å²) in [5.74, 6) is -1.23. The van der Waals surface area contributed by atoms with E-state index < -0.39 is 23.7 Å². The van der Waals surface area contributed by atoms with Crippen molar-refractivity contribution in [3.63, 3.8) is 0 Å². The van der Waals surface area contributed by atoms with Gasteiger partial charge in [0.2, 0.25) is 5.91 Å². The minimum Gasteiger partial charge on any atom is -0.497 e. The quantitative estimate of drug-likeness (QED) is 0.187. The minimum absolute atomic E-state index is 0.243. The fraction of sp³-hybridized carbons (Fsp3) is 0.385. The van der Waals surface area contributed by atoms with Crippen molar-refractivity contribution < 1.29 is 33.3 Å². The van der Waals surface area contributed by atoms with Crippen LogP contribution in [-0.2, 0) is 19.1 Å². The van der Waals surface area contributed by atoms with Gasteiger partial charge in [0, 0.05) is 5.69 Å². The molecule has 10 heteroatoms. The van der Waals surface area contributed by atoms with Crippen LogP contribution in [-0.4, -0.2) is 50.9 Å². The van der Waals surface area contributed by atoms with Gasteiger partial charge in [-0.3, -0.25) is 9.59 Å². The normalized spacial score (nSPS) is 11.6. The minimum atomic E-state index is -0.957. The average molecular weight is 500 g/mol. The summed E-state index contributed by atoms with van der Waals surface area (Å²) in [5.41, 5.74) is 3.60. The Morgan fingerprint density at radius 3 is 2.28 bits per heavy atom. The zero-order valence-corrected chi connectivity index (χ0v) is 21.2. The maximum absolute atomic E-state index is 12.8. The standard InChI is InChI=1S/C26H33N3O7/c1-6-34-22-14-18(8-13-21(22)36-16-23(30)35-7-2)15-27-29-26(32)24(17(3)4)25(31)28-19-9-11-20(33-5)12-10-19/h8-15,17,24H,6-7,16H2,1-5H3,(H,28,31)(H,29,32). The molecule has 0 aromatic heterocycles. The van der Waals surface area contributed by atoms with Gasteiger partial charge in [-0.15, -0.1) is 0 Å². The Balaban J connectivity index is 2.04. The van der Waals surface area contributed by atoms with Gasteiger partial charge in [-0.25, -0.2) is 10.2 Å². The van der Waals surface area contributed by atoms with E-state index in [0.717, 1.165) is 0 Å². The average Bonchev–Trinajstić information content (AvgIpc) is 2.84. The van der Waals surface area contributed by atoms with Crippen LogP contribution in [0.3, 0.4) is 0 Å². The first-order chi connectivity index (χ1) is 17.3. The molecular weight excluding hydrogens is 466 g/mol. The van der Waals surface area contributed by atoms with E-state index in [4.69, 9.17) is 18.9 Å². The number of ether oxygens (including phenoxy) is 4. The maximum atomic E-state index is 12.8. The molecule has 0 aliphatic carbocycles. The zero-order valence-electron chi connectivity index (χ0n) is 21.2. The fourth-order valence-corrected chi connectivity index (χ4v) is 3.19. The van der Waals surface area contributed by atoms with Crippen molar-refractivity contribution >= 4 is 29.7 Å². The van der Waals surface area contributed by atoms with Gasteiger partial charge in [0.05, 0.1) is 26.5 Å². The Labute approximate surface area is 211 Å².